The zero-order chi connectivity index (χ0) is 13.6. The highest BCUT2D eigenvalue weighted by molar-refractivity contribution is 7.51. The average molecular weight is 271 g/mol. The van der Waals surface area contributed by atoms with Crippen molar-refractivity contribution in [2.24, 2.45) is 0 Å². The van der Waals surface area contributed by atoms with Gasteiger partial charge in [0.15, 0.2) is 0 Å². The molecule has 4 N–H and O–H groups in total. The highest BCUT2D eigenvalue weighted by atomic mass is 31.2. The SMILES string of the molecule is O=C(O)CNc1cccc(/C=C/CP(=O)(O)O)c1. The van der Waals surface area contributed by atoms with Gasteiger partial charge in [0.05, 0.1) is 6.16 Å². The van der Waals surface area contributed by atoms with Gasteiger partial charge in [0, 0.05) is 5.69 Å². The van der Waals surface area contributed by atoms with Crippen molar-refractivity contribution < 1.29 is 24.3 Å². The highest BCUT2D eigenvalue weighted by Crippen LogP contribution is 2.34. The second-order valence-electron chi connectivity index (χ2n) is 3.62. The van der Waals surface area contributed by atoms with Crippen molar-refractivity contribution in [3.63, 3.8) is 0 Å². The van der Waals surface area contributed by atoms with Crippen molar-refractivity contribution in [1.29, 1.82) is 0 Å². The molecule has 0 spiro atoms. The van der Waals surface area contributed by atoms with Gasteiger partial charge >= 0.3 is 13.6 Å². The van der Waals surface area contributed by atoms with Crippen molar-refractivity contribution in [1.82, 2.24) is 0 Å². The van der Waals surface area contributed by atoms with Gasteiger partial charge in [-0.2, -0.15) is 0 Å². The first kappa shape index (κ1) is 14.4. The number of hydrogen-bond acceptors (Lipinski definition) is 3. The number of aliphatic carboxylic acids is 1. The quantitative estimate of drug-likeness (QED) is 0.582. The molecule has 7 heteroatoms. The van der Waals surface area contributed by atoms with E-state index in [0.717, 1.165) is 5.56 Å². The normalized spacial score (nSPS) is 11.7. The maximum Gasteiger partial charge on any atom is 0.329 e. The molecule has 18 heavy (non-hydrogen) atoms. The molecule has 0 saturated carbocycles. The fourth-order valence-corrected chi connectivity index (χ4v) is 1.64. The predicted molar refractivity (Wildman–Crippen MR) is 68.5 cm³/mol. The Balaban J connectivity index is 2.64. The number of allylic oxidation sites excluding steroid dienone is 1. The molecule has 1 aromatic carbocycles. The van der Waals surface area contributed by atoms with Gasteiger partial charge in [-0.15, -0.1) is 0 Å². The highest BCUT2D eigenvalue weighted by Gasteiger charge is 2.08. The zero-order valence-corrected chi connectivity index (χ0v) is 10.4. The Morgan fingerprint density at radius 2 is 2.11 bits per heavy atom. The fourth-order valence-electron chi connectivity index (χ4n) is 1.26. The van der Waals surface area contributed by atoms with Crippen LogP contribution >= 0.6 is 7.60 Å². The lowest BCUT2D eigenvalue weighted by atomic mass is 10.2. The van der Waals surface area contributed by atoms with E-state index in [1.165, 1.54) is 6.08 Å². The van der Waals surface area contributed by atoms with E-state index in [0.29, 0.717) is 5.69 Å². The molecule has 0 aliphatic heterocycles. The standard InChI is InChI=1S/C11H14NO5P/c13-11(14)8-12-10-5-1-3-9(7-10)4-2-6-18(15,16)17/h1-5,7,12H,6,8H2,(H,13,14)(H2,15,16,17)/b4-2+. The monoisotopic (exact) mass is 271 g/mol. The Kier molecular flexibility index (Phi) is 5.09. The molecule has 0 fully saturated rings. The largest absolute Gasteiger partial charge is 0.480 e. The Morgan fingerprint density at radius 1 is 1.39 bits per heavy atom. The topological polar surface area (TPSA) is 107 Å². The van der Waals surface area contributed by atoms with Crippen LogP contribution in [0.3, 0.4) is 0 Å². The van der Waals surface area contributed by atoms with Crippen LogP contribution in [0.4, 0.5) is 5.69 Å². The Labute approximate surface area is 104 Å². The van der Waals surface area contributed by atoms with E-state index in [1.54, 1.807) is 30.3 Å². The molecule has 0 aliphatic carbocycles. The number of carbonyl (C=O) groups is 1. The number of carboxylic acid groups (broad SMARTS) is 1. The van der Waals surface area contributed by atoms with Crippen LogP contribution in [0.15, 0.2) is 30.3 Å². The van der Waals surface area contributed by atoms with Crippen LogP contribution in [0.5, 0.6) is 0 Å². The summed E-state index contributed by atoms with van der Waals surface area (Å²) in [7, 11) is -4.02. The van der Waals surface area contributed by atoms with Crippen LogP contribution in [0.1, 0.15) is 5.56 Å². The molecule has 0 heterocycles. The number of hydrogen-bond donors (Lipinski definition) is 4. The van der Waals surface area contributed by atoms with E-state index in [2.05, 4.69) is 5.32 Å². The molecule has 0 bridgehead atoms. The first-order valence-corrected chi connectivity index (χ1v) is 6.93. The van der Waals surface area contributed by atoms with Gasteiger partial charge in [-0.3, -0.25) is 9.36 Å². The van der Waals surface area contributed by atoms with Gasteiger partial charge in [0.2, 0.25) is 0 Å². The second kappa shape index (κ2) is 6.35. The van der Waals surface area contributed by atoms with Gasteiger partial charge in [0.25, 0.3) is 0 Å². The Hall–Kier alpha value is -1.62. The maximum atomic E-state index is 10.6. The Morgan fingerprint density at radius 3 is 2.72 bits per heavy atom. The third kappa shape index (κ3) is 6.20. The van der Waals surface area contributed by atoms with E-state index in [4.69, 9.17) is 14.9 Å². The van der Waals surface area contributed by atoms with Crippen molar-refractivity contribution in [2.75, 3.05) is 18.0 Å². The van der Waals surface area contributed by atoms with Gasteiger partial charge in [-0.25, -0.2) is 0 Å². The smallest absolute Gasteiger partial charge is 0.329 e. The molecular formula is C11H14NO5P. The summed E-state index contributed by atoms with van der Waals surface area (Å²) in [4.78, 5) is 27.7. The molecule has 0 unspecified atom stereocenters. The van der Waals surface area contributed by atoms with Gasteiger partial charge in [-0.1, -0.05) is 24.3 Å². The fraction of sp³-hybridized carbons (Fsp3) is 0.182. The van der Waals surface area contributed by atoms with Crippen LogP contribution in [-0.4, -0.2) is 33.6 Å². The van der Waals surface area contributed by atoms with Crippen molar-refractivity contribution in [3.05, 3.63) is 35.9 Å². The molecule has 1 rings (SSSR count). The summed E-state index contributed by atoms with van der Waals surface area (Å²) >= 11 is 0. The zero-order valence-electron chi connectivity index (χ0n) is 9.48. The maximum absolute atomic E-state index is 10.6. The van der Waals surface area contributed by atoms with Crippen molar-refractivity contribution in [2.45, 2.75) is 0 Å². The van der Waals surface area contributed by atoms with Crippen LogP contribution in [0.2, 0.25) is 0 Å². The number of anilines is 1. The first-order valence-electron chi connectivity index (χ1n) is 5.14. The van der Waals surface area contributed by atoms with Gasteiger partial charge in [0.1, 0.15) is 6.54 Å². The summed E-state index contributed by atoms with van der Waals surface area (Å²) in [6.07, 6.45) is 2.64. The van der Waals surface area contributed by atoms with Crippen LogP contribution in [-0.2, 0) is 9.36 Å². The molecule has 0 aliphatic rings. The molecule has 0 saturated heterocycles. The lowest BCUT2D eigenvalue weighted by Crippen LogP contribution is -2.12. The molecule has 6 nitrogen and oxygen atoms in total. The number of nitrogens with one attached hydrogen (secondary N) is 1. The predicted octanol–water partition coefficient (Wildman–Crippen LogP) is 1.37. The van der Waals surface area contributed by atoms with E-state index >= 15 is 0 Å². The van der Waals surface area contributed by atoms with E-state index in [1.807, 2.05) is 0 Å². The third-order valence-corrected chi connectivity index (χ3v) is 2.67. The average Bonchev–Trinajstić information content (AvgIpc) is 2.25. The minimum atomic E-state index is -4.02. The molecule has 0 atom stereocenters. The summed E-state index contributed by atoms with van der Waals surface area (Å²) in [6, 6.07) is 6.88. The molecule has 0 radical (unpaired) electrons. The summed E-state index contributed by atoms with van der Waals surface area (Å²) in [5.74, 6) is -0.961. The van der Waals surface area contributed by atoms with E-state index < -0.39 is 13.6 Å². The molecule has 1 aromatic rings. The second-order valence-corrected chi connectivity index (χ2v) is 5.32. The number of rotatable bonds is 6. The van der Waals surface area contributed by atoms with E-state index in [9.17, 15) is 9.36 Å². The summed E-state index contributed by atoms with van der Waals surface area (Å²) in [6.45, 7) is -0.185. The molecule has 98 valence electrons. The van der Waals surface area contributed by atoms with Crippen LogP contribution in [0, 0.1) is 0 Å². The summed E-state index contributed by atoms with van der Waals surface area (Å²) in [5, 5.41) is 11.2. The summed E-state index contributed by atoms with van der Waals surface area (Å²) < 4.78 is 10.6. The lowest BCUT2D eigenvalue weighted by molar-refractivity contribution is -0.134. The van der Waals surface area contributed by atoms with Crippen molar-refractivity contribution in [3.8, 4) is 0 Å². The number of carboxylic acids is 1. The lowest BCUT2D eigenvalue weighted by Gasteiger charge is -2.04. The Bertz CT molecular complexity index is 494. The first-order chi connectivity index (χ1) is 8.37. The van der Waals surface area contributed by atoms with Crippen LogP contribution < -0.4 is 5.32 Å². The molecule has 0 amide bonds. The van der Waals surface area contributed by atoms with E-state index in [-0.39, 0.29) is 12.7 Å². The minimum Gasteiger partial charge on any atom is -0.480 e. The van der Waals surface area contributed by atoms with Gasteiger partial charge in [-0.05, 0) is 17.7 Å². The third-order valence-electron chi connectivity index (χ3n) is 1.98. The molecular weight excluding hydrogens is 257 g/mol. The summed E-state index contributed by atoms with van der Waals surface area (Å²) in [5.41, 5.74) is 1.37. The van der Waals surface area contributed by atoms with Crippen molar-refractivity contribution >= 4 is 25.3 Å². The molecule has 0 aromatic heterocycles. The van der Waals surface area contributed by atoms with Gasteiger partial charge < -0.3 is 20.2 Å². The van der Waals surface area contributed by atoms with Crippen LogP contribution in [0.25, 0.3) is 6.08 Å². The number of benzene rings is 1. The minimum absolute atomic E-state index is 0.185.